The molecule has 1 aromatic heterocycles. The van der Waals surface area contributed by atoms with Gasteiger partial charge in [0.05, 0.1) is 0 Å². The maximum Gasteiger partial charge on any atom is 0 e. The summed E-state index contributed by atoms with van der Waals surface area (Å²) in [5.74, 6) is 0.712. The standard InChI is InChI=1S/C9H12N.Re/c1-8(2)6-9-4-3-5-10-7-9;/h3-4,7-8H,6H2,1-2H3;/q-1;. The first-order valence-corrected chi connectivity index (χ1v) is 3.60. The first-order valence-electron chi connectivity index (χ1n) is 3.60. The molecule has 1 heterocycles. The Hall–Kier alpha value is -0.188. The van der Waals surface area contributed by atoms with E-state index in [0.29, 0.717) is 5.92 Å². The van der Waals surface area contributed by atoms with Crippen molar-refractivity contribution >= 4 is 0 Å². The summed E-state index contributed by atoms with van der Waals surface area (Å²) in [4.78, 5) is 3.91. The van der Waals surface area contributed by atoms with Crippen LogP contribution in [0.25, 0.3) is 0 Å². The molecule has 1 radical (unpaired) electrons. The molecule has 0 amide bonds. The van der Waals surface area contributed by atoms with E-state index in [-0.39, 0.29) is 20.4 Å². The fourth-order valence-corrected chi connectivity index (χ4v) is 0.943. The number of pyridine rings is 1. The topological polar surface area (TPSA) is 12.9 Å². The second-order valence-corrected chi connectivity index (χ2v) is 2.89. The smallest absolute Gasteiger partial charge is 0 e. The van der Waals surface area contributed by atoms with Crippen LogP contribution in [0.4, 0.5) is 0 Å². The van der Waals surface area contributed by atoms with Gasteiger partial charge < -0.3 is 4.98 Å². The van der Waals surface area contributed by atoms with E-state index in [1.807, 2.05) is 12.3 Å². The third-order valence-electron chi connectivity index (χ3n) is 1.32. The van der Waals surface area contributed by atoms with Crippen LogP contribution < -0.4 is 0 Å². The minimum absolute atomic E-state index is 0. The molecule has 1 rings (SSSR count). The fraction of sp³-hybridized carbons (Fsp3) is 0.444. The van der Waals surface area contributed by atoms with Gasteiger partial charge in [0.25, 0.3) is 0 Å². The molecule has 2 heteroatoms. The molecule has 0 atom stereocenters. The molecule has 0 aliphatic carbocycles. The van der Waals surface area contributed by atoms with E-state index in [0.717, 1.165) is 6.42 Å². The second kappa shape index (κ2) is 5.46. The van der Waals surface area contributed by atoms with E-state index in [1.54, 1.807) is 0 Å². The Morgan fingerprint density at radius 2 is 2.27 bits per heavy atom. The van der Waals surface area contributed by atoms with Crippen LogP contribution in [0.1, 0.15) is 19.4 Å². The fourth-order valence-electron chi connectivity index (χ4n) is 0.943. The van der Waals surface area contributed by atoms with Gasteiger partial charge in [-0.15, -0.1) is 5.56 Å². The molecular formula is C9H12NRe-. The van der Waals surface area contributed by atoms with Crippen molar-refractivity contribution in [1.29, 1.82) is 0 Å². The van der Waals surface area contributed by atoms with Crippen LogP contribution in [0.15, 0.2) is 18.3 Å². The summed E-state index contributed by atoms with van der Waals surface area (Å²) in [6, 6.07) is 3.92. The van der Waals surface area contributed by atoms with Gasteiger partial charge in [-0.3, -0.25) is 0 Å². The van der Waals surface area contributed by atoms with Crippen LogP contribution in [0.5, 0.6) is 0 Å². The molecule has 11 heavy (non-hydrogen) atoms. The predicted molar refractivity (Wildman–Crippen MR) is 41.6 cm³/mol. The molecule has 0 saturated heterocycles. The zero-order valence-corrected chi connectivity index (χ0v) is 9.56. The van der Waals surface area contributed by atoms with E-state index in [4.69, 9.17) is 0 Å². The molecular weight excluding hydrogens is 308 g/mol. The SMILES string of the molecule is CC(C)Cc1cc[c-]nc1.[Re]. The zero-order valence-electron chi connectivity index (χ0n) is 6.84. The average molecular weight is 320 g/mol. The van der Waals surface area contributed by atoms with Crippen molar-refractivity contribution in [3.63, 3.8) is 0 Å². The van der Waals surface area contributed by atoms with Crippen LogP contribution in [0.3, 0.4) is 0 Å². The molecule has 0 fully saturated rings. The molecule has 0 N–H and O–H groups in total. The molecule has 0 spiro atoms. The third-order valence-corrected chi connectivity index (χ3v) is 1.32. The van der Waals surface area contributed by atoms with Gasteiger partial charge in [0.2, 0.25) is 0 Å². The second-order valence-electron chi connectivity index (χ2n) is 2.89. The summed E-state index contributed by atoms with van der Waals surface area (Å²) in [6.45, 7) is 4.41. The van der Waals surface area contributed by atoms with Crippen LogP contribution in [-0.4, -0.2) is 4.98 Å². The zero-order chi connectivity index (χ0) is 7.40. The molecule has 0 aromatic carbocycles. The van der Waals surface area contributed by atoms with Crippen LogP contribution >= 0.6 is 0 Å². The van der Waals surface area contributed by atoms with Gasteiger partial charge in [0.15, 0.2) is 0 Å². The molecule has 1 aromatic rings. The number of aromatic nitrogens is 1. The summed E-state index contributed by atoms with van der Waals surface area (Å²) in [5.41, 5.74) is 1.30. The van der Waals surface area contributed by atoms with Gasteiger partial charge in [-0.05, 0) is 12.3 Å². The van der Waals surface area contributed by atoms with Crippen molar-refractivity contribution < 1.29 is 20.4 Å². The number of hydrogen-bond donors (Lipinski definition) is 0. The van der Waals surface area contributed by atoms with Gasteiger partial charge >= 0.3 is 0 Å². The summed E-state index contributed by atoms with van der Waals surface area (Å²) in [6.07, 6.45) is 5.74. The Labute approximate surface area is 81.9 Å². The van der Waals surface area contributed by atoms with Crippen molar-refractivity contribution in [3.8, 4) is 0 Å². The monoisotopic (exact) mass is 321 g/mol. The summed E-state index contributed by atoms with van der Waals surface area (Å²) >= 11 is 0. The Kier molecular flexibility index (Phi) is 5.37. The molecule has 61 valence electrons. The van der Waals surface area contributed by atoms with E-state index in [1.165, 1.54) is 5.56 Å². The van der Waals surface area contributed by atoms with Gasteiger partial charge in [-0.25, -0.2) is 0 Å². The third kappa shape index (κ3) is 4.29. The maximum absolute atomic E-state index is 3.91. The van der Waals surface area contributed by atoms with Crippen LogP contribution in [0.2, 0.25) is 0 Å². The summed E-state index contributed by atoms with van der Waals surface area (Å²) in [7, 11) is 0. The Balaban J connectivity index is 0.000001000. The first kappa shape index (κ1) is 10.8. The summed E-state index contributed by atoms with van der Waals surface area (Å²) in [5, 5.41) is 0. The van der Waals surface area contributed by atoms with Crippen LogP contribution in [-0.2, 0) is 26.8 Å². The van der Waals surface area contributed by atoms with E-state index in [2.05, 4.69) is 31.1 Å². The number of rotatable bonds is 2. The molecule has 0 bridgehead atoms. The van der Waals surface area contributed by atoms with E-state index in [9.17, 15) is 0 Å². The molecule has 0 unspecified atom stereocenters. The first-order chi connectivity index (χ1) is 4.79. The van der Waals surface area contributed by atoms with E-state index >= 15 is 0 Å². The van der Waals surface area contributed by atoms with Crippen molar-refractivity contribution in [3.05, 3.63) is 30.1 Å². The van der Waals surface area contributed by atoms with Gasteiger partial charge in [0, 0.05) is 20.4 Å². The average Bonchev–Trinajstić information content (AvgIpc) is 1.88. The van der Waals surface area contributed by atoms with Crippen molar-refractivity contribution in [2.24, 2.45) is 5.92 Å². The largest absolute Gasteiger partial charge is 0.394 e. The van der Waals surface area contributed by atoms with Crippen LogP contribution in [0, 0.1) is 12.1 Å². The molecule has 0 aliphatic heterocycles. The molecule has 0 aliphatic rings. The van der Waals surface area contributed by atoms with Crippen molar-refractivity contribution in [1.82, 2.24) is 4.98 Å². The molecule has 1 nitrogen and oxygen atoms in total. The predicted octanol–water partition coefficient (Wildman–Crippen LogP) is 2.08. The minimum atomic E-state index is 0. The Bertz CT molecular complexity index is 184. The molecule has 0 saturated carbocycles. The normalized spacial score (nSPS) is 9.36. The maximum atomic E-state index is 3.91. The summed E-state index contributed by atoms with van der Waals surface area (Å²) < 4.78 is 0. The van der Waals surface area contributed by atoms with Crippen molar-refractivity contribution in [2.75, 3.05) is 0 Å². The quantitative estimate of drug-likeness (QED) is 0.760. The van der Waals surface area contributed by atoms with Gasteiger partial charge in [0.1, 0.15) is 0 Å². The van der Waals surface area contributed by atoms with Crippen molar-refractivity contribution in [2.45, 2.75) is 20.3 Å². The van der Waals surface area contributed by atoms with Gasteiger partial charge in [-0.1, -0.05) is 26.2 Å². The van der Waals surface area contributed by atoms with Gasteiger partial charge in [-0.2, -0.15) is 12.1 Å². The number of hydrogen-bond acceptors (Lipinski definition) is 1. The Morgan fingerprint density at radius 1 is 1.55 bits per heavy atom. The minimum Gasteiger partial charge on any atom is -0.394 e. The Morgan fingerprint density at radius 3 is 2.73 bits per heavy atom. The van der Waals surface area contributed by atoms with E-state index < -0.39 is 0 Å². The number of nitrogens with zero attached hydrogens (tertiary/aromatic N) is 1.